The van der Waals surface area contributed by atoms with Crippen LogP contribution in [0.3, 0.4) is 0 Å². The SMILES string of the molecule is CC(N[C@@H]1CCN(C(=O)O)[C@@H]1Cc1cccc(-c2ccccc2)c1)c1ccccc1. The van der Waals surface area contributed by atoms with Gasteiger partial charge in [0.15, 0.2) is 0 Å². The standard InChI is InChI=1S/C26H28N2O2/c1-19(21-10-4-2-5-11-21)27-24-15-16-28(26(29)30)25(24)18-20-9-8-14-23(17-20)22-12-6-3-7-13-22/h2-14,17,19,24-25,27H,15-16,18H2,1H3,(H,29,30)/t19?,24-,25-/m1/s1. The molecule has 1 aliphatic rings. The van der Waals surface area contributed by atoms with Crippen LogP contribution in [-0.4, -0.2) is 34.7 Å². The van der Waals surface area contributed by atoms with Crippen LogP contribution in [0.2, 0.25) is 0 Å². The van der Waals surface area contributed by atoms with E-state index in [0.717, 1.165) is 17.5 Å². The Labute approximate surface area is 178 Å². The number of amides is 1. The average Bonchev–Trinajstić information content (AvgIpc) is 3.17. The molecule has 3 aromatic rings. The van der Waals surface area contributed by atoms with E-state index >= 15 is 0 Å². The van der Waals surface area contributed by atoms with Crippen LogP contribution in [0.15, 0.2) is 84.9 Å². The Hall–Kier alpha value is -3.11. The van der Waals surface area contributed by atoms with Gasteiger partial charge in [0.1, 0.15) is 0 Å². The van der Waals surface area contributed by atoms with Crippen molar-refractivity contribution in [1.82, 2.24) is 10.2 Å². The molecule has 4 heteroatoms. The van der Waals surface area contributed by atoms with Crippen LogP contribution in [0.1, 0.15) is 30.5 Å². The molecule has 1 aliphatic heterocycles. The van der Waals surface area contributed by atoms with Gasteiger partial charge in [0.05, 0.1) is 6.04 Å². The Morgan fingerprint density at radius 2 is 1.67 bits per heavy atom. The van der Waals surface area contributed by atoms with Gasteiger partial charge < -0.3 is 15.3 Å². The molecular formula is C26H28N2O2. The first-order valence-corrected chi connectivity index (χ1v) is 10.6. The molecule has 0 radical (unpaired) electrons. The summed E-state index contributed by atoms with van der Waals surface area (Å²) in [5.41, 5.74) is 4.72. The molecule has 2 N–H and O–H groups in total. The van der Waals surface area contributed by atoms with Crippen LogP contribution in [0, 0.1) is 0 Å². The van der Waals surface area contributed by atoms with Crippen LogP contribution >= 0.6 is 0 Å². The maximum atomic E-state index is 11.9. The Bertz CT molecular complexity index is 975. The molecule has 4 nitrogen and oxygen atoms in total. The first-order valence-electron chi connectivity index (χ1n) is 10.6. The number of rotatable bonds is 6. The first-order chi connectivity index (χ1) is 14.6. The van der Waals surface area contributed by atoms with Crippen LogP contribution in [-0.2, 0) is 6.42 Å². The first kappa shape index (κ1) is 20.2. The highest BCUT2D eigenvalue weighted by molar-refractivity contribution is 5.66. The molecule has 1 amide bonds. The van der Waals surface area contributed by atoms with Gasteiger partial charge in [-0.2, -0.15) is 0 Å². The van der Waals surface area contributed by atoms with E-state index in [1.807, 2.05) is 36.4 Å². The third-order valence-corrected chi connectivity index (χ3v) is 6.03. The van der Waals surface area contributed by atoms with Crippen molar-refractivity contribution in [2.24, 2.45) is 0 Å². The second-order valence-electron chi connectivity index (χ2n) is 8.01. The Balaban J connectivity index is 1.54. The molecule has 30 heavy (non-hydrogen) atoms. The highest BCUT2D eigenvalue weighted by atomic mass is 16.4. The molecule has 154 valence electrons. The summed E-state index contributed by atoms with van der Waals surface area (Å²) < 4.78 is 0. The topological polar surface area (TPSA) is 52.6 Å². The van der Waals surface area contributed by atoms with E-state index in [-0.39, 0.29) is 18.1 Å². The molecule has 3 atom stereocenters. The van der Waals surface area contributed by atoms with Gasteiger partial charge in [-0.1, -0.05) is 84.9 Å². The van der Waals surface area contributed by atoms with Crippen molar-refractivity contribution in [3.8, 4) is 11.1 Å². The monoisotopic (exact) mass is 400 g/mol. The van der Waals surface area contributed by atoms with Crippen molar-refractivity contribution in [2.45, 2.75) is 37.9 Å². The van der Waals surface area contributed by atoms with E-state index in [4.69, 9.17) is 0 Å². The van der Waals surface area contributed by atoms with E-state index in [1.54, 1.807) is 4.90 Å². The minimum Gasteiger partial charge on any atom is -0.465 e. The molecule has 4 rings (SSSR count). The van der Waals surface area contributed by atoms with Crippen LogP contribution < -0.4 is 5.32 Å². The number of carboxylic acid groups (broad SMARTS) is 1. The smallest absolute Gasteiger partial charge is 0.407 e. The number of likely N-dealkylation sites (tertiary alicyclic amines) is 1. The minimum absolute atomic E-state index is 0.0836. The Morgan fingerprint density at radius 1 is 1.00 bits per heavy atom. The normalized spacial score (nSPS) is 19.6. The second-order valence-corrected chi connectivity index (χ2v) is 8.01. The Kier molecular flexibility index (Phi) is 6.15. The van der Waals surface area contributed by atoms with E-state index in [0.29, 0.717) is 13.0 Å². The van der Waals surface area contributed by atoms with Crippen molar-refractivity contribution in [3.05, 3.63) is 96.1 Å². The van der Waals surface area contributed by atoms with Gasteiger partial charge in [-0.15, -0.1) is 0 Å². The summed E-state index contributed by atoms with van der Waals surface area (Å²) >= 11 is 0. The fourth-order valence-corrected chi connectivity index (χ4v) is 4.45. The molecule has 1 unspecified atom stereocenters. The van der Waals surface area contributed by atoms with Gasteiger partial charge in [-0.3, -0.25) is 0 Å². The summed E-state index contributed by atoms with van der Waals surface area (Å²) in [6, 6.07) is 29.3. The van der Waals surface area contributed by atoms with Crippen LogP contribution in [0.4, 0.5) is 4.79 Å². The zero-order chi connectivity index (χ0) is 20.9. The predicted octanol–water partition coefficient (Wildman–Crippen LogP) is 5.37. The summed E-state index contributed by atoms with van der Waals surface area (Å²) in [5, 5.41) is 13.5. The van der Waals surface area contributed by atoms with Gasteiger partial charge in [0.2, 0.25) is 0 Å². The average molecular weight is 401 g/mol. The summed E-state index contributed by atoms with van der Waals surface area (Å²) in [7, 11) is 0. The molecule has 0 spiro atoms. The van der Waals surface area contributed by atoms with E-state index in [9.17, 15) is 9.90 Å². The summed E-state index contributed by atoms with van der Waals surface area (Å²) in [6.45, 7) is 2.71. The summed E-state index contributed by atoms with van der Waals surface area (Å²) in [5.74, 6) is 0. The quantitative estimate of drug-likeness (QED) is 0.585. The molecular weight excluding hydrogens is 372 g/mol. The highest BCUT2D eigenvalue weighted by Crippen LogP contribution is 2.27. The number of benzene rings is 3. The van der Waals surface area contributed by atoms with E-state index in [2.05, 4.69) is 60.8 Å². The number of hydrogen-bond acceptors (Lipinski definition) is 2. The lowest BCUT2D eigenvalue weighted by Gasteiger charge is -2.29. The van der Waals surface area contributed by atoms with Crippen molar-refractivity contribution in [2.75, 3.05) is 6.54 Å². The predicted molar refractivity (Wildman–Crippen MR) is 120 cm³/mol. The fourth-order valence-electron chi connectivity index (χ4n) is 4.45. The van der Waals surface area contributed by atoms with Gasteiger partial charge in [0, 0.05) is 18.6 Å². The third kappa shape index (κ3) is 4.55. The summed E-state index contributed by atoms with van der Waals surface area (Å²) in [4.78, 5) is 13.5. The summed E-state index contributed by atoms with van der Waals surface area (Å²) in [6.07, 6.45) is 0.689. The zero-order valence-corrected chi connectivity index (χ0v) is 17.2. The lowest BCUT2D eigenvalue weighted by molar-refractivity contribution is 0.136. The largest absolute Gasteiger partial charge is 0.465 e. The molecule has 1 fully saturated rings. The second kappa shape index (κ2) is 9.14. The van der Waals surface area contributed by atoms with E-state index in [1.165, 1.54) is 11.1 Å². The third-order valence-electron chi connectivity index (χ3n) is 6.03. The van der Waals surface area contributed by atoms with Gasteiger partial charge in [0.25, 0.3) is 0 Å². The van der Waals surface area contributed by atoms with Gasteiger partial charge in [-0.05, 0) is 42.0 Å². The molecule has 0 bridgehead atoms. The highest BCUT2D eigenvalue weighted by Gasteiger charge is 2.37. The molecule has 3 aromatic carbocycles. The maximum Gasteiger partial charge on any atom is 0.407 e. The zero-order valence-electron chi connectivity index (χ0n) is 17.2. The number of carbonyl (C=O) groups is 1. The van der Waals surface area contributed by atoms with Gasteiger partial charge in [-0.25, -0.2) is 4.79 Å². The maximum absolute atomic E-state index is 11.9. The van der Waals surface area contributed by atoms with Crippen molar-refractivity contribution < 1.29 is 9.90 Å². The lowest BCUT2D eigenvalue weighted by Crippen LogP contribution is -2.46. The molecule has 1 saturated heterocycles. The van der Waals surface area contributed by atoms with Crippen LogP contribution in [0.25, 0.3) is 11.1 Å². The van der Waals surface area contributed by atoms with Crippen molar-refractivity contribution in [3.63, 3.8) is 0 Å². The van der Waals surface area contributed by atoms with E-state index < -0.39 is 6.09 Å². The number of nitrogens with zero attached hydrogens (tertiary/aromatic N) is 1. The number of hydrogen-bond donors (Lipinski definition) is 2. The van der Waals surface area contributed by atoms with Crippen molar-refractivity contribution in [1.29, 1.82) is 0 Å². The minimum atomic E-state index is -0.837. The molecule has 0 aliphatic carbocycles. The molecule has 1 heterocycles. The molecule has 0 aromatic heterocycles. The lowest BCUT2D eigenvalue weighted by atomic mass is 9.96. The Morgan fingerprint density at radius 3 is 2.37 bits per heavy atom. The van der Waals surface area contributed by atoms with Crippen LogP contribution in [0.5, 0.6) is 0 Å². The van der Waals surface area contributed by atoms with Gasteiger partial charge >= 0.3 is 6.09 Å². The van der Waals surface area contributed by atoms with Crippen molar-refractivity contribution >= 4 is 6.09 Å². The number of nitrogens with one attached hydrogen (secondary N) is 1. The molecule has 0 saturated carbocycles. The fraction of sp³-hybridized carbons (Fsp3) is 0.269.